The maximum Gasteiger partial charge on any atom is 0.333 e. The Morgan fingerprint density at radius 3 is 2.28 bits per heavy atom. The summed E-state index contributed by atoms with van der Waals surface area (Å²) in [7, 11) is 1.32. The second-order valence-corrected chi connectivity index (χ2v) is 6.23. The van der Waals surface area contributed by atoms with Crippen LogP contribution in [-0.2, 0) is 23.7 Å². The van der Waals surface area contributed by atoms with Crippen molar-refractivity contribution in [1.82, 2.24) is 0 Å². The van der Waals surface area contributed by atoms with Gasteiger partial charge in [0.2, 0.25) is 0 Å². The minimum Gasteiger partial charge on any atom is -0.479 e. The van der Waals surface area contributed by atoms with Crippen LogP contribution in [-0.4, -0.2) is 100 Å². The first kappa shape index (κ1) is 20.4. The maximum atomic E-state index is 11.2. The van der Waals surface area contributed by atoms with E-state index in [-0.39, 0.29) is 0 Å². The molecule has 2 aliphatic heterocycles. The summed E-state index contributed by atoms with van der Waals surface area (Å²) < 4.78 is 21.0. The third-order valence-corrected chi connectivity index (χ3v) is 4.59. The lowest BCUT2D eigenvalue weighted by atomic mass is 9.90. The second kappa shape index (κ2) is 8.20. The number of aliphatic hydroxyl groups excluding tert-OH is 4. The average molecular weight is 367 g/mol. The SMILES string of the molecule is CO[C@@H]1O[C@@H](CO)[C@@H](O[C@@H]2OC(C(=O)O)[C@@H](C)[C@H](O)C2O)C(O)C1N. The molecule has 146 valence electrons. The van der Waals surface area contributed by atoms with Crippen molar-refractivity contribution in [3.05, 3.63) is 0 Å². The number of carboxylic acid groups (broad SMARTS) is 1. The van der Waals surface area contributed by atoms with Crippen LogP contribution in [0.2, 0.25) is 0 Å². The van der Waals surface area contributed by atoms with Gasteiger partial charge in [0.05, 0.1) is 18.8 Å². The monoisotopic (exact) mass is 367 g/mol. The fourth-order valence-electron chi connectivity index (χ4n) is 3.02. The number of carbonyl (C=O) groups is 1. The van der Waals surface area contributed by atoms with Crippen LogP contribution in [0, 0.1) is 5.92 Å². The molecule has 0 bridgehead atoms. The Balaban J connectivity index is 2.16. The number of aliphatic carboxylic acids is 1. The van der Waals surface area contributed by atoms with Gasteiger partial charge in [0, 0.05) is 13.0 Å². The van der Waals surface area contributed by atoms with Crippen molar-refractivity contribution in [1.29, 1.82) is 0 Å². The quantitative estimate of drug-likeness (QED) is 0.285. The zero-order chi connectivity index (χ0) is 18.9. The number of aliphatic hydroxyl groups is 4. The van der Waals surface area contributed by atoms with Crippen molar-refractivity contribution >= 4 is 5.97 Å². The van der Waals surface area contributed by atoms with E-state index in [1.807, 2.05) is 0 Å². The fourth-order valence-corrected chi connectivity index (χ4v) is 3.02. The third kappa shape index (κ3) is 3.94. The molecule has 0 amide bonds. The van der Waals surface area contributed by atoms with Crippen molar-refractivity contribution < 1.29 is 49.3 Å². The smallest absolute Gasteiger partial charge is 0.333 e. The predicted molar refractivity (Wildman–Crippen MR) is 79.1 cm³/mol. The Bertz CT molecular complexity index is 463. The van der Waals surface area contributed by atoms with Crippen molar-refractivity contribution in [2.45, 2.75) is 62.2 Å². The molecule has 10 atom stereocenters. The predicted octanol–water partition coefficient (Wildman–Crippen LogP) is -3.41. The van der Waals surface area contributed by atoms with Gasteiger partial charge in [0.1, 0.15) is 24.4 Å². The zero-order valence-electron chi connectivity index (χ0n) is 13.8. The molecule has 11 heteroatoms. The number of ether oxygens (including phenoxy) is 4. The van der Waals surface area contributed by atoms with E-state index >= 15 is 0 Å². The number of hydrogen-bond donors (Lipinski definition) is 6. The van der Waals surface area contributed by atoms with Crippen LogP contribution in [0.15, 0.2) is 0 Å². The standard InChI is InChI=1S/C14H25NO10/c1-4-7(17)9(19)14(24-10(4)12(20)21)25-11-5(3-16)23-13(22-2)6(15)8(11)18/h4-11,13-14,16-19H,3,15H2,1-2H3,(H,20,21)/t4-,5-,6?,7-,8?,9?,10?,11+,13+,14-/m0/s1. The molecule has 25 heavy (non-hydrogen) atoms. The Morgan fingerprint density at radius 2 is 1.76 bits per heavy atom. The van der Waals surface area contributed by atoms with Gasteiger partial charge in [-0.1, -0.05) is 6.92 Å². The first-order valence-corrected chi connectivity index (χ1v) is 7.85. The number of methoxy groups -OCH3 is 1. The van der Waals surface area contributed by atoms with Crippen LogP contribution >= 0.6 is 0 Å². The van der Waals surface area contributed by atoms with Crippen LogP contribution < -0.4 is 5.73 Å². The molecule has 0 aromatic carbocycles. The van der Waals surface area contributed by atoms with Gasteiger partial charge in [-0.3, -0.25) is 0 Å². The molecule has 0 aromatic heterocycles. The molecule has 0 spiro atoms. The van der Waals surface area contributed by atoms with Gasteiger partial charge in [-0.15, -0.1) is 0 Å². The van der Waals surface area contributed by atoms with Gasteiger partial charge in [-0.25, -0.2) is 4.79 Å². The van der Waals surface area contributed by atoms with Gasteiger partial charge in [0.15, 0.2) is 18.7 Å². The summed E-state index contributed by atoms with van der Waals surface area (Å²) in [5, 5.41) is 49.1. The summed E-state index contributed by atoms with van der Waals surface area (Å²) in [5.74, 6) is -2.21. The van der Waals surface area contributed by atoms with E-state index in [1.165, 1.54) is 14.0 Å². The highest BCUT2D eigenvalue weighted by Crippen LogP contribution is 2.30. The van der Waals surface area contributed by atoms with E-state index in [0.717, 1.165) is 0 Å². The first-order valence-electron chi connectivity index (χ1n) is 7.85. The molecule has 2 saturated heterocycles. The van der Waals surface area contributed by atoms with Gasteiger partial charge in [-0.05, 0) is 0 Å². The third-order valence-electron chi connectivity index (χ3n) is 4.59. The summed E-state index contributed by atoms with van der Waals surface area (Å²) in [6.45, 7) is 0.857. The number of hydrogen-bond acceptors (Lipinski definition) is 10. The summed E-state index contributed by atoms with van der Waals surface area (Å²) >= 11 is 0. The van der Waals surface area contributed by atoms with Crippen LogP contribution in [0.25, 0.3) is 0 Å². The normalized spacial score (nSPS) is 48.3. The number of carboxylic acids is 1. The first-order chi connectivity index (χ1) is 11.7. The molecular formula is C14H25NO10. The second-order valence-electron chi connectivity index (χ2n) is 6.23. The highest BCUT2D eigenvalue weighted by atomic mass is 16.7. The summed E-state index contributed by atoms with van der Waals surface area (Å²) in [5.41, 5.74) is 5.80. The Labute approximate surface area is 143 Å². The van der Waals surface area contributed by atoms with Crippen molar-refractivity contribution in [3.63, 3.8) is 0 Å². The highest BCUT2D eigenvalue weighted by Gasteiger charge is 2.50. The van der Waals surface area contributed by atoms with Crippen LogP contribution in [0.4, 0.5) is 0 Å². The average Bonchev–Trinajstić information content (AvgIpc) is 2.58. The molecule has 4 unspecified atom stereocenters. The Hall–Kier alpha value is -0.890. The van der Waals surface area contributed by atoms with E-state index in [2.05, 4.69) is 0 Å². The van der Waals surface area contributed by atoms with Gasteiger partial charge < -0.3 is 50.2 Å². The van der Waals surface area contributed by atoms with E-state index in [9.17, 15) is 30.3 Å². The number of nitrogens with two attached hydrogens (primary N) is 1. The molecule has 0 aromatic rings. The molecule has 11 nitrogen and oxygen atoms in total. The Morgan fingerprint density at radius 1 is 1.12 bits per heavy atom. The zero-order valence-corrected chi connectivity index (χ0v) is 13.8. The fraction of sp³-hybridized carbons (Fsp3) is 0.929. The van der Waals surface area contributed by atoms with Gasteiger partial charge in [0.25, 0.3) is 0 Å². The maximum absolute atomic E-state index is 11.2. The molecule has 2 aliphatic rings. The lowest BCUT2D eigenvalue weighted by Crippen LogP contribution is -2.65. The van der Waals surface area contributed by atoms with Crippen LogP contribution in [0.1, 0.15) is 6.92 Å². The largest absolute Gasteiger partial charge is 0.479 e. The molecule has 2 fully saturated rings. The highest BCUT2D eigenvalue weighted by molar-refractivity contribution is 5.73. The lowest BCUT2D eigenvalue weighted by Gasteiger charge is -2.46. The Kier molecular flexibility index (Phi) is 6.70. The summed E-state index contributed by atoms with van der Waals surface area (Å²) in [6.07, 6.45) is -10.6. The van der Waals surface area contributed by atoms with E-state index in [1.54, 1.807) is 0 Å². The molecule has 0 aliphatic carbocycles. The summed E-state index contributed by atoms with van der Waals surface area (Å²) in [6, 6.07) is -1.02. The minimum atomic E-state index is -1.56. The molecule has 0 saturated carbocycles. The number of rotatable bonds is 5. The minimum absolute atomic E-state index is 0.557. The van der Waals surface area contributed by atoms with Gasteiger partial charge >= 0.3 is 5.97 Å². The van der Waals surface area contributed by atoms with Crippen molar-refractivity contribution in [2.75, 3.05) is 13.7 Å². The van der Waals surface area contributed by atoms with Crippen LogP contribution in [0.5, 0.6) is 0 Å². The molecule has 7 N–H and O–H groups in total. The van der Waals surface area contributed by atoms with E-state index in [0.29, 0.717) is 0 Å². The van der Waals surface area contributed by atoms with Gasteiger partial charge in [-0.2, -0.15) is 0 Å². The lowest BCUT2D eigenvalue weighted by molar-refractivity contribution is -0.335. The summed E-state index contributed by atoms with van der Waals surface area (Å²) in [4.78, 5) is 11.2. The molecule has 2 rings (SSSR count). The van der Waals surface area contributed by atoms with E-state index < -0.39 is 73.7 Å². The van der Waals surface area contributed by atoms with Crippen molar-refractivity contribution in [3.8, 4) is 0 Å². The van der Waals surface area contributed by atoms with Crippen molar-refractivity contribution in [2.24, 2.45) is 11.7 Å². The molecular weight excluding hydrogens is 342 g/mol. The molecule has 0 radical (unpaired) electrons. The molecule has 2 heterocycles. The van der Waals surface area contributed by atoms with E-state index in [4.69, 9.17) is 24.7 Å². The van der Waals surface area contributed by atoms with Crippen LogP contribution in [0.3, 0.4) is 0 Å². The topological polar surface area (TPSA) is 181 Å².